The van der Waals surface area contributed by atoms with Crippen LogP contribution in [0.25, 0.3) is 0 Å². The molecule has 1 aliphatic carbocycles. The van der Waals surface area contributed by atoms with E-state index in [0.717, 1.165) is 24.4 Å². The molecule has 0 heterocycles. The Balaban J connectivity index is 0.00000288. The molecule has 0 aliphatic heterocycles. The Hall–Kier alpha value is -1.09. The van der Waals surface area contributed by atoms with Crippen LogP contribution in [0.4, 0.5) is 0 Å². The molecule has 0 amide bonds. The molecule has 0 unspecified atom stereocenters. The van der Waals surface area contributed by atoms with Crippen molar-refractivity contribution in [3.8, 4) is 0 Å². The second-order valence-electron chi connectivity index (χ2n) is 5.71. The third-order valence-electron chi connectivity index (χ3n) is 3.73. The van der Waals surface area contributed by atoms with Crippen LogP contribution in [0.5, 0.6) is 0 Å². The Morgan fingerprint density at radius 2 is 1.88 bits per heavy atom. The fourth-order valence-electron chi connectivity index (χ4n) is 2.52. The fraction of sp³-hybridized carbons (Fsp3) is 0.471. The van der Waals surface area contributed by atoms with Gasteiger partial charge in [0.05, 0.1) is 11.5 Å². The summed E-state index contributed by atoms with van der Waals surface area (Å²) in [6.07, 6.45) is 6.89. The van der Waals surface area contributed by atoms with Crippen LogP contribution in [0.2, 0.25) is 0 Å². The maximum Gasteiger partial charge on any atom is 0.191 e. The van der Waals surface area contributed by atoms with Gasteiger partial charge < -0.3 is 10.6 Å². The van der Waals surface area contributed by atoms with Crippen molar-refractivity contribution in [1.29, 1.82) is 0 Å². The molecule has 5 nitrogen and oxygen atoms in total. The van der Waals surface area contributed by atoms with Crippen molar-refractivity contribution < 1.29 is 8.42 Å². The van der Waals surface area contributed by atoms with Crippen molar-refractivity contribution in [1.82, 2.24) is 10.6 Å². The van der Waals surface area contributed by atoms with Crippen LogP contribution in [-0.4, -0.2) is 39.8 Å². The van der Waals surface area contributed by atoms with Gasteiger partial charge in [0.15, 0.2) is 15.8 Å². The minimum atomic E-state index is -3.07. The van der Waals surface area contributed by atoms with E-state index in [1.807, 2.05) is 30.3 Å². The van der Waals surface area contributed by atoms with Gasteiger partial charge in [-0.1, -0.05) is 42.5 Å². The van der Waals surface area contributed by atoms with Gasteiger partial charge in [0.25, 0.3) is 0 Å². The summed E-state index contributed by atoms with van der Waals surface area (Å²) in [6.45, 7) is 0.591. The number of nitrogens with one attached hydrogen (secondary N) is 2. The molecule has 0 fully saturated rings. The van der Waals surface area contributed by atoms with Crippen molar-refractivity contribution in [2.24, 2.45) is 4.99 Å². The first-order valence-corrected chi connectivity index (χ1v) is 9.78. The van der Waals surface area contributed by atoms with Crippen LogP contribution in [0, 0.1) is 0 Å². The van der Waals surface area contributed by atoms with Gasteiger partial charge >= 0.3 is 0 Å². The van der Waals surface area contributed by atoms with Crippen molar-refractivity contribution in [2.75, 3.05) is 19.3 Å². The lowest BCUT2D eigenvalue weighted by Crippen LogP contribution is -2.43. The highest BCUT2D eigenvalue weighted by Gasteiger charge is 2.13. The van der Waals surface area contributed by atoms with E-state index in [0.29, 0.717) is 19.0 Å². The lowest BCUT2D eigenvalue weighted by molar-refractivity contribution is 0.590. The third-order valence-corrected chi connectivity index (χ3v) is 5.41. The van der Waals surface area contributed by atoms with E-state index < -0.39 is 9.84 Å². The van der Waals surface area contributed by atoms with Crippen LogP contribution >= 0.6 is 24.0 Å². The molecule has 134 valence electrons. The maximum absolute atomic E-state index is 12.1. The summed E-state index contributed by atoms with van der Waals surface area (Å²) in [5.74, 6) is 1.02. The van der Waals surface area contributed by atoms with Gasteiger partial charge in [0.2, 0.25) is 0 Å². The molecule has 1 aromatic carbocycles. The topological polar surface area (TPSA) is 70.6 Å². The van der Waals surface area contributed by atoms with Crippen molar-refractivity contribution >= 4 is 39.8 Å². The average Bonchev–Trinajstić information content (AvgIpc) is 3.04. The quantitative estimate of drug-likeness (QED) is 0.214. The summed E-state index contributed by atoms with van der Waals surface area (Å²) in [7, 11) is -1.35. The second-order valence-corrected chi connectivity index (χ2v) is 7.90. The van der Waals surface area contributed by atoms with E-state index in [-0.39, 0.29) is 35.5 Å². The molecule has 0 atom stereocenters. The van der Waals surface area contributed by atoms with Crippen LogP contribution in [-0.2, 0) is 15.6 Å². The van der Waals surface area contributed by atoms with Crippen molar-refractivity contribution in [2.45, 2.75) is 31.1 Å². The zero-order valence-corrected chi connectivity index (χ0v) is 17.1. The number of benzene rings is 1. The zero-order valence-electron chi connectivity index (χ0n) is 13.9. The molecule has 7 heteroatoms. The van der Waals surface area contributed by atoms with Crippen molar-refractivity contribution in [3.05, 3.63) is 48.0 Å². The Morgan fingerprint density at radius 3 is 2.50 bits per heavy atom. The standard InChI is InChI=1S/C17H25N3O2S.HI/c1-18-17(20-16-10-5-6-11-16)19-12-7-13-23(21,22)14-15-8-3-2-4-9-15;/h2-6,8-9,16H,7,10-14H2,1H3,(H2,18,19,20);1H. The van der Waals surface area contributed by atoms with Crippen LogP contribution in [0.15, 0.2) is 47.5 Å². The number of nitrogens with zero attached hydrogens (tertiary/aromatic N) is 1. The van der Waals surface area contributed by atoms with Crippen LogP contribution in [0.1, 0.15) is 24.8 Å². The Morgan fingerprint density at radius 1 is 1.21 bits per heavy atom. The molecule has 2 N–H and O–H groups in total. The molecule has 0 radical (unpaired) electrons. The molecule has 1 aromatic rings. The number of rotatable bonds is 7. The van der Waals surface area contributed by atoms with Gasteiger partial charge in [0, 0.05) is 19.6 Å². The Labute approximate surface area is 162 Å². The number of guanidine groups is 1. The Kier molecular flexibility index (Phi) is 9.35. The van der Waals surface area contributed by atoms with Gasteiger partial charge in [-0.3, -0.25) is 4.99 Å². The van der Waals surface area contributed by atoms with Gasteiger partial charge in [0.1, 0.15) is 0 Å². The molecular formula is C17H26IN3O2S. The van der Waals surface area contributed by atoms with E-state index >= 15 is 0 Å². The first-order valence-electron chi connectivity index (χ1n) is 7.95. The SMILES string of the molecule is CN=C(NCCCS(=O)(=O)Cc1ccccc1)NC1CC=CC1.I. The van der Waals surface area contributed by atoms with E-state index in [4.69, 9.17) is 0 Å². The van der Waals surface area contributed by atoms with Crippen molar-refractivity contribution in [3.63, 3.8) is 0 Å². The monoisotopic (exact) mass is 463 g/mol. The third kappa shape index (κ3) is 7.65. The number of hydrogen-bond acceptors (Lipinski definition) is 3. The molecule has 1 aliphatic rings. The molecule has 0 saturated heterocycles. The highest BCUT2D eigenvalue weighted by Crippen LogP contribution is 2.09. The summed E-state index contributed by atoms with van der Waals surface area (Å²) in [6, 6.07) is 9.69. The van der Waals surface area contributed by atoms with Gasteiger partial charge in [-0.05, 0) is 24.8 Å². The normalized spacial score (nSPS) is 15.1. The highest BCUT2D eigenvalue weighted by molar-refractivity contribution is 14.0. The molecule has 2 rings (SSSR count). The van der Waals surface area contributed by atoms with Crippen LogP contribution < -0.4 is 10.6 Å². The van der Waals surface area contributed by atoms with E-state index in [1.165, 1.54) is 0 Å². The lowest BCUT2D eigenvalue weighted by atomic mass is 10.2. The maximum atomic E-state index is 12.1. The predicted molar refractivity (Wildman–Crippen MR) is 111 cm³/mol. The Bertz CT molecular complexity index is 637. The van der Waals surface area contributed by atoms with Gasteiger partial charge in [-0.25, -0.2) is 8.42 Å². The smallest absolute Gasteiger partial charge is 0.191 e. The first-order chi connectivity index (χ1) is 11.1. The van der Waals surface area contributed by atoms with E-state index in [9.17, 15) is 8.42 Å². The average molecular weight is 463 g/mol. The minimum absolute atomic E-state index is 0. The zero-order chi connectivity index (χ0) is 16.5. The van der Waals surface area contributed by atoms with E-state index in [1.54, 1.807) is 7.05 Å². The first kappa shape index (κ1) is 21.0. The molecular weight excluding hydrogens is 437 g/mol. The molecule has 0 spiro atoms. The molecule has 24 heavy (non-hydrogen) atoms. The molecule has 0 bridgehead atoms. The molecule has 0 aromatic heterocycles. The summed E-state index contributed by atoms with van der Waals surface area (Å²) < 4.78 is 24.2. The predicted octanol–water partition coefficient (Wildman–Crippen LogP) is 2.49. The lowest BCUT2D eigenvalue weighted by Gasteiger charge is -2.16. The number of aliphatic imine (C=N–C) groups is 1. The van der Waals surface area contributed by atoms with Gasteiger partial charge in [-0.2, -0.15) is 0 Å². The number of hydrogen-bond donors (Lipinski definition) is 2. The molecule has 0 saturated carbocycles. The number of sulfone groups is 1. The number of halogens is 1. The summed E-state index contributed by atoms with van der Waals surface area (Å²) in [4.78, 5) is 4.17. The van der Waals surface area contributed by atoms with E-state index in [2.05, 4.69) is 27.8 Å². The largest absolute Gasteiger partial charge is 0.356 e. The van der Waals surface area contributed by atoms with Gasteiger partial charge in [-0.15, -0.1) is 24.0 Å². The minimum Gasteiger partial charge on any atom is -0.356 e. The second kappa shape index (κ2) is 10.7. The summed E-state index contributed by atoms with van der Waals surface area (Å²) in [5, 5.41) is 6.51. The fourth-order valence-corrected chi connectivity index (χ4v) is 3.95. The summed E-state index contributed by atoms with van der Waals surface area (Å²) in [5.41, 5.74) is 0.840. The highest BCUT2D eigenvalue weighted by atomic mass is 127. The summed E-state index contributed by atoms with van der Waals surface area (Å²) >= 11 is 0. The van der Waals surface area contributed by atoms with Crippen LogP contribution in [0.3, 0.4) is 0 Å².